The lowest BCUT2D eigenvalue weighted by Gasteiger charge is -2.34. The number of alkyl halides is 3. The van der Waals surface area contributed by atoms with E-state index in [0.717, 1.165) is 4.68 Å². The number of nitrogens with zero attached hydrogens (tertiary/aromatic N) is 4. The van der Waals surface area contributed by atoms with E-state index in [1.165, 1.54) is 7.05 Å². The van der Waals surface area contributed by atoms with Crippen LogP contribution in [0.4, 0.5) is 13.2 Å². The maximum Gasteiger partial charge on any atom is 0.435 e. The first-order chi connectivity index (χ1) is 12.6. The van der Waals surface area contributed by atoms with Gasteiger partial charge in [-0.25, -0.2) is 0 Å². The van der Waals surface area contributed by atoms with Crippen LogP contribution in [-0.4, -0.2) is 33.1 Å². The van der Waals surface area contributed by atoms with E-state index in [1.54, 1.807) is 0 Å². The fourth-order valence-electron chi connectivity index (χ4n) is 3.04. The fraction of sp³-hybridized carbons (Fsp3) is 0.688. The Balaban J connectivity index is 1.91. The molecule has 0 aromatic carbocycles. The van der Waals surface area contributed by atoms with Gasteiger partial charge in [-0.05, 0) is 12.8 Å². The minimum atomic E-state index is -4.60. The highest BCUT2D eigenvalue weighted by Crippen LogP contribution is 2.36. The molecule has 1 fully saturated rings. The molecule has 0 unspecified atom stereocenters. The average molecular weight is 408 g/mol. The third-order valence-electron chi connectivity index (χ3n) is 4.65. The average Bonchev–Trinajstić information content (AvgIpc) is 3.21. The van der Waals surface area contributed by atoms with Gasteiger partial charge in [-0.1, -0.05) is 30.6 Å². The summed E-state index contributed by atoms with van der Waals surface area (Å²) in [6.45, 7) is 4.59. The monoisotopic (exact) mass is 407 g/mol. The smallest absolute Gasteiger partial charge is 0.381 e. The quantitative estimate of drug-likeness (QED) is 0.818. The molecule has 7 nitrogen and oxygen atoms in total. The van der Waals surface area contributed by atoms with Crippen molar-refractivity contribution in [1.82, 2.24) is 25.2 Å². The molecule has 1 N–H and O–H groups in total. The van der Waals surface area contributed by atoms with Crippen molar-refractivity contribution in [2.75, 3.05) is 13.2 Å². The molecule has 3 rings (SSSR count). The summed E-state index contributed by atoms with van der Waals surface area (Å²) in [4.78, 5) is 4.44. The van der Waals surface area contributed by atoms with Crippen LogP contribution in [0.3, 0.4) is 0 Å². The molecule has 150 valence electrons. The number of ether oxygens (including phenoxy) is 1. The van der Waals surface area contributed by atoms with Gasteiger partial charge in [0.2, 0.25) is 5.89 Å². The number of hydrogen-bond donors (Lipinski definition) is 1. The number of rotatable bonds is 5. The van der Waals surface area contributed by atoms with E-state index in [4.69, 9.17) is 20.9 Å². The van der Waals surface area contributed by atoms with Crippen molar-refractivity contribution in [2.45, 2.75) is 50.9 Å². The van der Waals surface area contributed by atoms with Crippen molar-refractivity contribution in [3.05, 3.63) is 28.1 Å². The molecule has 3 heterocycles. The summed E-state index contributed by atoms with van der Waals surface area (Å²) in [6.07, 6.45) is -3.61. The van der Waals surface area contributed by atoms with Gasteiger partial charge < -0.3 is 9.26 Å². The number of aryl methyl sites for hydroxylation is 1. The lowest BCUT2D eigenvalue weighted by molar-refractivity contribution is -0.142. The molecule has 1 aliphatic heterocycles. The van der Waals surface area contributed by atoms with Crippen LogP contribution in [0.2, 0.25) is 5.15 Å². The van der Waals surface area contributed by atoms with Crippen LogP contribution in [0.15, 0.2) is 4.52 Å². The van der Waals surface area contributed by atoms with Crippen molar-refractivity contribution < 1.29 is 22.4 Å². The summed E-state index contributed by atoms with van der Waals surface area (Å²) < 4.78 is 51.7. The minimum absolute atomic E-state index is 0.0644. The molecule has 0 saturated carbocycles. The second kappa shape index (κ2) is 7.40. The number of aromatic nitrogens is 4. The molecule has 0 spiro atoms. The summed E-state index contributed by atoms with van der Waals surface area (Å²) in [6, 6.07) is 0. The van der Waals surface area contributed by atoms with E-state index < -0.39 is 17.4 Å². The van der Waals surface area contributed by atoms with Gasteiger partial charge in [0.15, 0.2) is 11.5 Å². The lowest BCUT2D eigenvalue weighted by atomic mass is 9.89. The van der Waals surface area contributed by atoms with Crippen LogP contribution >= 0.6 is 11.6 Å². The number of halogens is 4. The zero-order chi connectivity index (χ0) is 19.8. The SMILES string of the molecule is CC(C)c1noc(C2(NCc3c(C(F)(F)F)nn(C)c3Cl)CCOCC2)n1. The van der Waals surface area contributed by atoms with Crippen LogP contribution in [0, 0.1) is 0 Å². The topological polar surface area (TPSA) is 78.0 Å². The van der Waals surface area contributed by atoms with Crippen molar-refractivity contribution in [1.29, 1.82) is 0 Å². The second-order valence-corrected chi connectivity index (χ2v) is 7.26. The van der Waals surface area contributed by atoms with Gasteiger partial charge in [0.1, 0.15) is 10.7 Å². The highest BCUT2D eigenvalue weighted by molar-refractivity contribution is 6.30. The summed E-state index contributed by atoms with van der Waals surface area (Å²) in [5, 5.41) is 10.6. The molecule has 27 heavy (non-hydrogen) atoms. The van der Waals surface area contributed by atoms with E-state index >= 15 is 0 Å². The number of hydrogen-bond acceptors (Lipinski definition) is 6. The van der Waals surface area contributed by atoms with Crippen LogP contribution in [0.5, 0.6) is 0 Å². The van der Waals surface area contributed by atoms with Gasteiger partial charge >= 0.3 is 6.18 Å². The first-order valence-corrected chi connectivity index (χ1v) is 8.97. The fourth-order valence-corrected chi connectivity index (χ4v) is 3.23. The van der Waals surface area contributed by atoms with Crippen LogP contribution in [0.1, 0.15) is 55.6 Å². The van der Waals surface area contributed by atoms with Gasteiger partial charge in [-0.2, -0.15) is 23.3 Å². The standard InChI is InChI=1S/C16H21ClF3N5O2/c1-9(2)13-22-14(27-24-13)15(4-6-26-7-5-15)21-8-10-11(16(18,19)20)23-25(3)12(10)17/h9,21H,4-8H2,1-3H3. The van der Waals surface area contributed by atoms with Gasteiger partial charge in [0, 0.05) is 38.3 Å². The molecule has 1 aliphatic rings. The first-order valence-electron chi connectivity index (χ1n) is 8.59. The van der Waals surface area contributed by atoms with Crippen LogP contribution < -0.4 is 5.32 Å². The highest BCUT2D eigenvalue weighted by atomic mass is 35.5. The predicted octanol–water partition coefficient (Wildman–Crippen LogP) is 3.39. The zero-order valence-electron chi connectivity index (χ0n) is 15.2. The van der Waals surface area contributed by atoms with E-state index in [1.807, 2.05) is 13.8 Å². The van der Waals surface area contributed by atoms with Crippen LogP contribution in [0.25, 0.3) is 0 Å². The molecule has 0 bridgehead atoms. The Bertz CT molecular complexity index is 797. The van der Waals surface area contributed by atoms with Gasteiger partial charge in [0.25, 0.3) is 0 Å². The molecule has 0 radical (unpaired) electrons. The van der Waals surface area contributed by atoms with Gasteiger partial charge in [0.05, 0.1) is 0 Å². The Labute approximate surface area is 159 Å². The first kappa shape index (κ1) is 20.1. The van der Waals surface area contributed by atoms with Crippen molar-refractivity contribution >= 4 is 11.6 Å². The van der Waals surface area contributed by atoms with Crippen LogP contribution in [-0.2, 0) is 30.0 Å². The van der Waals surface area contributed by atoms with Gasteiger partial charge in [-0.3, -0.25) is 10.00 Å². The molecule has 1 saturated heterocycles. The maximum absolute atomic E-state index is 13.3. The molecule has 0 amide bonds. The molecule has 2 aromatic heterocycles. The Morgan fingerprint density at radius 3 is 2.52 bits per heavy atom. The zero-order valence-corrected chi connectivity index (χ0v) is 16.0. The van der Waals surface area contributed by atoms with E-state index in [9.17, 15) is 13.2 Å². The third kappa shape index (κ3) is 3.97. The Morgan fingerprint density at radius 2 is 1.96 bits per heavy atom. The van der Waals surface area contributed by atoms with Crippen molar-refractivity contribution in [3.63, 3.8) is 0 Å². The number of nitrogens with one attached hydrogen (secondary N) is 1. The Kier molecular flexibility index (Phi) is 5.51. The molecule has 0 aliphatic carbocycles. The second-order valence-electron chi connectivity index (χ2n) is 6.90. The van der Waals surface area contributed by atoms with E-state index in [-0.39, 0.29) is 23.2 Å². The normalized spacial score (nSPS) is 17.6. The van der Waals surface area contributed by atoms with Gasteiger partial charge in [-0.15, -0.1) is 0 Å². The van der Waals surface area contributed by atoms with Crippen molar-refractivity contribution in [3.8, 4) is 0 Å². The Hall–Kier alpha value is -1.65. The summed E-state index contributed by atoms with van der Waals surface area (Å²) in [5.41, 5.74) is -1.89. The highest BCUT2D eigenvalue weighted by Gasteiger charge is 2.42. The molecular weight excluding hydrogens is 387 g/mol. The molecular formula is C16H21ClF3N5O2. The lowest BCUT2D eigenvalue weighted by Crippen LogP contribution is -2.46. The minimum Gasteiger partial charge on any atom is -0.381 e. The summed E-state index contributed by atoms with van der Waals surface area (Å²) in [7, 11) is 1.37. The molecule has 2 aromatic rings. The summed E-state index contributed by atoms with van der Waals surface area (Å²) in [5.74, 6) is 0.972. The predicted molar refractivity (Wildman–Crippen MR) is 90.2 cm³/mol. The Morgan fingerprint density at radius 1 is 1.30 bits per heavy atom. The summed E-state index contributed by atoms with van der Waals surface area (Å²) >= 11 is 6.06. The molecule has 0 atom stereocenters. The maximum atomic E-state index is 13.3. The largest absolute Gasteiger partial charge is 0.435 e. The van der Waals surface area contributed by atoms with E-state index in [0.29, 0.717) is 37.8 Å². The molecule has 11 heteroatoms. The third-order valence-corrected chi connectivity index (χ3v) is 5.13. The van der Waals surface area contributed by atoms with E-state index in [2.05, 4.69) is 20.6 Å². The van der Waals surface area contributed by atoms with Crippen molar-refractivity contribution in [2.24, 2.45) is 7.05 Å².